The van der Waals surface area contributed by atoms with Gasteiger partial charge in [-0.3, -0.25) is 0 Å². The van der Waals surface area contributed by atoms with Gasteiger partial charge in [-0.25, -0.2) is 18.0 Å². The SMILES string of the molecule is O=C(NCCCO)Nc1cc(F)c(F)cc1F. The van der Waals surface area contributed by atoms with Crippen molar-refractivity contribution in [1.29, 1.82) is 0 Å². The van der Waals surface area contributed by atoms with E-state index in [2.05, 4.69) is 5.32 Å². The zero-order valence-corrected chi connectivity index (χ0v) is 8.77. The van der Waals surface area contributed by atoms with Crippen molar-refractivity contribution in [3.05, 3.63) is 29.6 Å². The van der Waals surface area contributed by atoms with Crippen LogP contribution in [0.4, 0.5) is 23.7 Å². The standard InChI is InChI=1S/C10H11F3N2O2/c11-6-4-8(13)9(5-7(6)12)15-10(17)14-2-1-3-16/h4-5,16H,1-3H2,(H2,14,15,17). The first-order valence-electron chi connectivity index (χ1n) is 4.85. The van der Waals surface area contributed by atoms with E-state index in [1.807, 2.05) is 5.32 Å². The van der Waals surface area contributed by atoms with E-state index in [9.17, 15) is 18.0 Å². The van der Waals surface area contributed by atoms with Crippen molar-refractivity contribution in [3.8, 4) is 0 Å². The number of benzene rings is 1. The third kappa shape index (κ3) is 3.95. The number of amides is 2. The number of carbonyl (C=O) groups excluding carboxylic acids is 1. The van der Waals surface area contributed by atoms with E-state index < -0.39 is 29.2 Å². The summed E-state index contributed by atoms with van der Waals surface area (Å²) in [4.78, 5) is 11.1. The van der Waals surface area contributed by atoms with Crippen LogP contribution in [0.25, 0.3) is 0 Å². The highest BCUT2D eigenvalue weighted by Gasteiger charge is 2.11. The summed E-state index contributed by atoms with van der Waals surface area (Å²) < 4.78 is 38.4. The maximum Gasteiger partial charge on any atom is 0.319 e. The van der Waals surface area contributed by atoms with Crippen molar-refractivity contribution >= 4 is 11.7 Å². The molecule has 7 heteroatoms. The minimum absolute atomic E-state index is 0.0974. The van der Waals surface area contributed by atoms with Crippen molar-refractivity contribution in [1.82, 2.24) is 5.32 Å². The quantitative estimate of drug-likeness (QED) is 0.560. The zero-order valence-electron chi connectivity index (χ0n) is 8.77. The Balaban J connectivity index is 2.62. The summed E-state index contributed by atoms with van der Waals surface area (Å²) in [5.74, 6) is -3.65. The molecule has 0 fully saturated rings. The van der Waals surface area contributed by atoms with Crippen LogP contribution < -0.4 is 10.6 Å². The van der Waals surface area contributed by atoms with Crippen LogP contribution in [0, 0.1) is 17.5 Å². The number of nitrogens with one attached hydrogen (secondary N) is 2. The normalized spacial score (nSPS) is 10.1. The lowest BCUT2D eigenvalue weighted by Crippen LogP contribution is -2.30. The lowest BCUT2D eigenvalue weighted by Gasteiger charge is -2.08. The maximum atomic E-state index is 13.1. The molecule has 3 N–H and O–H groups in total. The van der Waals surface area contributed by atoms with Gasteiger partial charge in [-0.2, -0.15) is 0 Å². The van der Waals surface area contributed by atoms with Crippen molar-refractivity contribution in [2.24, 2.45) is 0 Å². The fraction of sp³-hybridized carbons (Fsp3) is 0.300. The first kappa shape index (κ1) is 13.3. The average Bonchev–Trinajstić information content (AvgIpc) is 2.26. The van der Waals surface area contributed by atoms with E-state index in [4.69, 9.17) is 5.11 Å². The third-order valence-electron chi connectivity index (χ3n) is 1.88. The van der Waals surface area contributed by atoms with Crippen LogP contribution in [0.3, 0.4) is 0 Å². The van der Waals surface area contributed by atoms with Crippen LogP contribution >= 0.6 is 0 Å². The van der Waals surface area contributed by atoms with Gasteiger partial charge in [-0.05, 0) is 6.42 Å². The molecule has 17 heavy (non-hydrogen) atoms. The predicted molar refractivity (Wildman–Crippen MR) is 55.0 cm³/mol. The monoisotopic (exact) mass is 248 g/mol. The first-order chi connectivity index (χ1) is 8.04. The van der Waals surface area contributed by atoms with Crippen LogP contribution in [0.2, 0.25) is 0 Å². The molecule has 1 aromatic carbocycles. The van der Waals surface area contributed by atoms with Gasteiger partial charge in [-0.15, -0.1) is 0 Å². The molecular weight excluding hydrogens is 237 g/mol. The van der Waals surface area contributed by atoms with Crippen LogP contribution in [-0.2, 0) is 0 Å². The molecule has 0 aromatic heterocycles. The second-order valence-corrected chi connectivity index (χ2v) is 3.20. The predicted octanol–water partition coefficient (Wildman–Crippen LogP) is 1.61. The second-order valence-electron chi connectivity index (χ2n) is 3.20. The van der Waals surface area contributed by atoms with Crippen molar-refractivity contribution in [2.45, 2.75) is 6.42 Å². The number of halogens is 3. The summed E-state index contributed by atoms with van der Waals surface area (Å²) in [5, 5.41) is 12.8. The van der Waals surface area contributed by atoms with Gasteiger partial charge in [0.05, 0.1) is 5.69 Å². The van der Waals surface area contributed by atoms with Crippen molar-refractivity contribution in [2.75, 3.05) is 18.5 Å². The van der Waals surface area contributed by atoms with Crippen LogP contribution in [0.15, 0.2) is 12.1 Å². The zero-order chi connectivity index (χ0) is 12.8. The van der Waals surface area contributed by atoms with Crippen molar-refractivity contribution in [3.63, 3.8) is 0 Å². The van der Waals surface area contributed by atoms with Gasteiger partial charge in [0.15, 0.2) is 11.6 Å². The largest absolute Gasteiger partial charge is 0.396 e. The topological polar surface area (TPSA) is 61.4 Å². The van der Waals surface area contributed by atoms with Crippen LogP contribution in [-0.4, -0.2) is 24.3 Å². The third-order valence-corrected chi connectivity index (χ3v) is 1.88. The Morgan fingerprint density at radius 1 is 1.18 bits per heavy atom. The number of rotatable bonds is 4. The highest BCUT2D eigenvalue weighted by molar-refractivity contribution is 5.89. The molecule has 0 atom stereocenters. The maximum absolute atomic E-state index is 13.1. The number of hydrogen-bond donors (Lipinski definition) is 3. The van der Waals surface area contributed by atoms with Gasteiger partial charge in [0.1, 0.15) is 5.82 Å². The van der Waals surface area contributed by atoms with Crippen molar-refractivity contribution < 1.29 is 23.1 Å². The van der Waals surface area contributed by atoms with Gasteiger partial charge >= 0.3 is 6.03 Å². The van der Waals surface area contributed by atoms with E-state index in [1.165, 1.54) is 0 Å². The number of aliphatic hydroxyl groups excluding tert-OH is 1. The smallest absolute Gasteiger partial charge is 0.319 e. The summed E-state index contributed by atoms with van der Waals surface area (Å²) in [6, 6.07) is 0.137. The molecule has 0 bridgehead atoms. The second kappa shape index (κ2) is 6.09. The number of anilines is 1. The van der Waals surface area contributed by atoms with E-state index in [-0.39, 0.29) is 13.2 Å². The van der Waals surface area contributed by atoms with Crippen LogP contribution in [0.5, 0.6) is 0 Å². The Morgan fingerprint density at radius 3 is 2.47 bits per heavy atom. The van der Waals surface area contributed by atoms with Gasteiger partial charge in [0.2, 0.25) is 0 Å². The minimum Gasteiger partial charge on any atom is -0.396 e. The molecule has 94 valence electrons. The van der Waals surface area contributed by atoms with Gasteiger partial charge < -0.3 is 15.7 Å². The number of hydrogen-bond acceptors (Lipinski definition) is 2. The molecule has 0 saturated heterocycles. The fourth-order valence-electron chi connectivity index (χ4n) is 1.07. The van der Waals surface area contributed by atoms with E-state index >= 15 is 0 Å². The molecule has 0 heterocycles. The molecule has 0 aliphatic carbocycles. The fourth-order valence-corrected chi connectivity index (χ4v) is 1.07. The summed E-state index contributed by atoms with van der Waals surface area (Å²) in [6.07, 6.45) is 0.341. The number of urea groups is 1. The molecule has 0 unspecified atom stereocenters. The van der Waals surface area contributed by atoms with E-state index in [0.29, 0.717) is 18.6 Å². The first-order valence-corrected chi connectivity index (χ1v) is 4.85. The molecule has 0 spiro atoms. The highest BCUT2D eigenvalue weighted by Crippen LogP contribution is 2.18. The van der Waals surface area contributed by atoms with Gasteiger partial charge in [-0.1, -0.05) is 0 Å². The average molecular weight is 248 g/mol. The summed E-state index contributed by atoms with van der Waals surface area (Å²) in [7, 11) is 0. The molecule has 1 rings (SSSR count). The molecular formula is C10H11F3N2O2. The number of aliphatic hydroxyl groups is 1. The van der Waals surface area contributed by atoms with E-state index in [0.717, 1.165) is 0 Å². The summed E-state index contributed by atoms with van der Waals surface area (Å²) >= 11 is 0. The lowest BCUT2D eigenvalue weighted by molar-refractivity contribution is 0.248. The molecule has 0 saturated carbocycles. The highest BCUT2D eigenvalue weighted by atomic mass is 19.2. The summed E-state index contributed by atoms with van der Waals surface area (Å²) in [5.41, 5.74) is -0.453. The summed E-state index contributed by atoms with van der Waals surface area (Å²) in [6.45, 7) is 0.0907. The van der Waals surface area contributed by atoms with Gasteiger partial charge in [0, 0.05) is 25.3 Å². The molecule has 0 radical (unpaired) electrons. The van der Waals surface area contributed by atoms with E-state index in [1.54, 1.807) is 0 Å². The Bertz CT molecular complexity index is 413. The Labute approximate surface area is 95.4 Å². The Hall–Kier alpha value is -1.76. The Morgan fingerprint density at radius 2 is 1.82 bits per heavy atom. The molecule has 1 aromatic rings. The lowest BCUT2D eigenvalue weighted by atomic mass is 10.3. The van der Waals surface area contributed by atoms with Crippen LogP contribution in [0.1, 0.15) is 6.42 Å². The molecule has 4 nitrogen and oxygen atoms in total. The van der Waals surface area contributed by atoms with Gasteiger partial charge in [0.25, 0.3) is 0 Å². The molecule has 0 aliphatic heterocycles. The molecule has 0 aliphatic rings. The Kier molecular flexibility index (Phi) is 4.77. The molecule has 2 amide bonds. The minimum atomic E-state index is -1.33. The number of carbonyl (C=O) groups is 1.